The predicted octanol–water partition coefficient (Wildman–Crippen LogP) is 1.00. The number of nitrogens with zero attached hydrogens (tertiary/aromatic N) is 5. The van der Waals surface area contributed by atoms with Gasteiger partial charge < -0.3 is 5.11 Å². The SMILES string of the molecule is Cc1n[nH]c(C)c1Cc1nc2c(nc1CCCO)c(=O)n(C)c(=O)n2CC(C)C. The van der Waals surface area contributed by atoms with E-state index in [1.807, 2.05) is 27.7 Å². The highest BCUT2D eigenvalue weighted by Crippen LogP contribution is 2.19. The molecule has 0 aliphatic heterocycles. The number of rotatable bonds is 7. The van der Waals surface area contributed by atoms with Crippen molar-refractivity contribution in [1.29, 1.82) is 0 Å². The number of fused-ring (bicyclic) bond motifs is 1. The Kier molecular flexibility index (Phi) is 5.97. The molecule has 0 aliphatic rings. The summed E-state index contributed by atoms with van der Waals surface area (Å²) in [6, 6.07) is 0. The molecule has 0 amide bonds. The van der Waals surface area contributed by atoms with Crippen molar-refractivity contribution < 1.29 is 5.11 Å². The van der Waals surface area contributed by atoms with Crippen LogP contribution in [0.5, 0.6) is 0 Å². The maximum atomic E-state index is 12.7. The van der Waals surface area contributed by atoms with Crippen molar-refractivity contribution in [2.45, 2.75) is 53.5 Å². The van der Waals surface area contributed by atoms with E-state index < -0.39 is 11.2 Å². The molecule has 0 aliphatic carbocycles. The number of aryl methyl sites for hydroxylation is 3. The van der Waals surface area contributed by atoms with Crippen LogP contribution in [0, 0.1) is 19.8 Å². The summed E-state index contributed by atoms with van der Waals surface area (Å²) in [6.07, 6.45) is 1.50. The Balaban J connectivity index is 2.29. The Labute approximate surface area is 168 Å². The van der Waals surface area contributed by atoms with Gasteiger partial charge in [0, 0.05) is 37.9 Å². The summed E-state index contributed by atoms with van der Waals surface area (Å²) >= 11 is 0. The molecular weight excluding hydrogens is 372 g/mol. The monoisotopic (exact) mass is 400 g/mol. The molecule has 9 heteroatoms. The number of hydrogen-bond acceptors (Lipinski definition) is 6. The fraction of sp³-hybridized carbons (Fsp3) is 0.550. The van der Waals surface area contributed by atoms with Crippen molar-refractivity contribution in [1.82, 2.24) is 29.3 Å². The zero-order valence-corrected chi connectivity index (χ0v) is 17.6. The van der Waals surface area contributed by atoms with Gasteiger partial charge in [0.1, 0.15) is 0 Å². The Morgan fingerprint density at radius 1 is 1.14 bits per heavy atom. The lowest BCUT2D eigenvalue weighted by Gasteiger charge is -2.15. The highest BCUT2D eigenvalue weighted by atomic mass is 16.3. The molecule has 0 radical (unpaired) electrons. The largest absolute Gasteiger partial charge is 0.396 e. The van der Waals surface area contributed by atoms with Gasteiger partial charge in [0.15, 0.2) is 11.2 Å². The van der Waals surface area contributed by atoms with Crippen molar-refractivity contribution in [3.63, 3.8) is 0 Å². The minimum Gasteiger partial charge on any atom is -0.396 e. The van der Waals surface area contributed by atoms with E-state index in [2.05, 4.69) is 15.2 Å². The minimum atomic E-state index is -0.454. The summed E-state index contributed by atoms with van der Waals surface area (Å²) in [7, 11) is 1.46. The Morgan fingerprint density at radius 3 is 2.45 bits per heavy atom. The van der Waals surface area contributed by atoms with E-state index in [-0.39, 0.29) is 18.0 Å². The van der Waals surface area contributed by atoms with E-state index in [1.54, 1.807) is 0 Å². The third-order valence-electron chi connectivity index (χ3n) is 5.06. The van der Waals surface area contributed by atoms with E-state index in [0.29, 0.717) is 42.8 Å². The van der Waals surface area contributed by atoms with Crippen LogP contribution in [0.3, 0.4) is 0 Å². The Morgan fingerprint density at radius 2 is 1.86 bits per heavy atom. The summed E-state index contributed by atoms with van der Waals surface area (Å²) in [4.78, 5) is 34.9. The van der Waals surface area contributed by atoms with Crippen LogP contribution >= 0.6 is 0 Å². The van der Waals surface area contributed by atoms with E-state index in [0.717, 1.165) is 21.5 Å². The van der Waals surface area contributed by atoms with Crippen LogP contribution in [-0.2, 0) is 26.4 Å². The molecule has 2 N–H and O–H groups in total. The lowest BCUT2D eigenvalue weighted by molar-refractivity contribution is 0.288. The van der Waals surface area contributed by atoms with Crippen LogP contribution in [0.4, 0.5) is 0 Å². The number of aromatic nitrogens is 6. The maximum Gasteiger partial charge on any atom is 0.332 e. The predicted molar refractivity (Wildman–Crippen MR) is 110 cm³/mol. The number of aromatic amines is 1. The third kappa shape index (κ3) is 4.00. The lowest BCUT2D eigenvalue weighted by Crippen LogP contribution is -2.40. The molecule has 3 aromatic rings. The molecule has 0 fully saturated rings. The normalized spacial score (nSPS) is 11.7. The van der Waals surface area contributed by atoms with Crippen molar-refractivity contribution in [3.05, 3.63) is 49.2 Å². The van der Waals surface area contributed by atoms with Gasteiger partial charge in [-0.05, 0) is 32.6 Å². The van der Waals surface area contributed by atoms with Gasteiger partial charge in [-0.1, -0.05) is 13.8 Å². The molecular formula is C20H28N6O3. The first kappa shape index (κ1) is 20.9. The lowest BCUT2D eigenvalue weighted by atomic mass is 10.0. The van der Waals surface area contributed by atoms with Crippen molar-refractivity contribution >= 4 is 11.2 Å². The van der Waals surface area contributed by atoms with Crippen molar-refractivity contribution in [2.24, 2.45) is 13.0 Å². The van der Waals surface area contributed by atoms with Gasteiger partial charge in [-0.15, -0.1) is 0 Å². The second-order valence-corrected chi connectivity index (χ2v) is 7.86. The number of hydrogen-bond donors (Lipinski definition) is 2. The van der Waals surface area contributed by atoms with Gasteiger partial charge >= 0.3 is 5.69 Å². The quantitative estimate of drug-likeness (QED) is 0.611. The van der Waals surface area contributed by atoms with Crippen LogP contribution in [0.1, 0.15) is 48.6 Å². The molecule has 0 aromatic carbocycles. The number of aliphatic hydroxyl groups excluding tert-OH is 1. The summed E-state index contributed by atoms with van der Waals surface area (Å²) in [5.41, 5.74) is 3.85. The van der Waals surface area contributed by atoms with Crippen LogP contribution in [0.25, 0.3) is 11.2 Å². The zero-order valence-electron chi connectivity index (χ0n) is 17.6. The van der Waals surface area contributed by atoms with Gasteiger partial charge in [0.05, 0.1) is 17.1 Å². The van der Waals surface area contributed by atoms with E-state index >= 15 is 0 Å². The topological polar surface area (TPSA) is 119 Å². The van der Waals surface area contributed by atoms with Crippen molar-refractivity contribution in [2.75, 3.05) is 6.61 Å². The molecule has 0 bridgehead atoms. The summed E-state index contributed by atoms with van der Waals surface area (Å²) < 4.78 is 2.61. The minimum absolute atomic E-state index is 0.0216. The van der Waals surface area contributed by atoms with Gasteiger partial charge in [-0.25, -0.2) is 14.8 Å². The van der Waals surface area contributed by atoms with Gasteiger partial charge in [0.25, 0.3) is 5.56 Å². The molecule has 3 heterocycles. The first-order valence-corrected chi connectivity index (χ1v) is 9.85. The molecule has 29 heavy (non-hydrogen) atoms. The summed E-state index contributed by atoms with van der Waals surface area (Å²) in [6.45, 7) is 8.34. The van der Waals surface area contributed by atoms with Gasteiger partial charge in [-0.3, -0.25) is 19.0 Å². The third-order valence-corrected chi connectivity index (χ3v) is 5.06. The van der Waals surface area contributed by atoms with E-state index in [1.165, 1.54) is 11.6 Å². The van der Waals surface area contributed by atoms with Crippen LogP contribution in [-0.4, -0.2) is 41.0 Å². The van der Waals surface area contributed by atoms with E-state index in [4.69, 9.17) is 4.98 Å². The Hall–Kier alpha value is -2.81. The van der Waals surface area contributed by atoms with Crippen molar-refractivity contribution in [3.8, 4) is 0 Å². The second-order valence-electron chi connectivity index (χ2n) is 7.86. The molecule has 0 spiro atoms. The molecule has 9 nitrogen and oxygen atoms in total. The average molecular weight is 400 g/mol. The smallest absolute Gasteiger partial charge is 0.332 e. The zero-order chi connectivity index (χ0) is 21.3. The standard InChI is InChI=1S/C20H28N6O3/c1-11(2)10-26-18-17(19(28)25(5)20(26)29)21-15(7-6-8-27)16(22-18)9-14-12(3)23-24-13(14)4/h11,27H,6-10H2,1-5H3,(H,23,24). The van der Waals surface area contributed by atoms with Gasteiger partial charge in [0.2, 0.25) is 0 Å². The first-order chi connectivity index (χ1) is 13.7. The summed E-state index contributed by atoms with van der Waals surface area (Å²) in [5.74, 6) is 0.200. The van der Waals surface area contributed by atoms with Gasteiger partial charge in [-0.2, -0.15) is 5.10 Å². The fourth-order valence-electron chi connectivity index (χ4n) is 3.46. The fourth-order valence-corrected chi connectivity index (χ4v) is 3.46. The first-order valence-electron chi connectivity index (χ1n) is 9.85. The molecule has 0 unspecified atom stereocenters. The highest BCUT2D eigenvalue weighted by molar-refractivity contribution is 5.69. The van der Waals surface area contributed by atoms with E-state index in [9.17, 15) is 14.7 Å². The Bertz CT molecular complexity index is 1140. The van der Waals surface area contributed by atoms with Crippen LogP contribution < -0.4 is 11.2 Å². The molecule has 3 aromatic heterocycles. The number of H-pyrrole nitrogens is 1. The van der Waals surface area contributed by atoms with Crippen LogP contribution in [0.15, 0.2) is 9.59 Å². The molecule has 0 atom stereocenters. The molecule has 0 saturated heterocycles. The molecule has 0 saturated carbocycles. The molecule has 156 valence electrons. The summed E-state index contributed by atoms with van der Waals surface area (Å²) in [5, 5.41) is 16.5. The number of nitrogens with one attached hydrogen (secondary N) is 1. The van der Waals surface area contributed by atoms with Crippen LogP contribution in [0.2, 0.25) is 0 Å². The average Bonchev–Trinajstić information content (AvgIpc) is 3.00. The maximum absolute atomic E-state index is 12.7. The second kappa shape index (κ2) is 8.28. The number of aliphatic hydroxyl groups is 1. The highest BCUT2D eigenvalue weighted by Gasteiger charge is 2.19. The molecule has 3 rings (SSSR count).